The summed E-state index contributed by atoms with van der Waals surface area (Å²) in [5.74, 6) is 1.50. The second-order valence-corrected chi connectivity index (χ2v) is 7.59. The van der Waals surface area contributed by atoms with E-state index < -0.39 is 0 Å². The lowest BCUT2D eigenvalue weighted by Crippen LogP contribution is -2.42. The van der Waals surface area contributed by atoms with Crippen LogP contribution in [0.5, 0.6) is 5.75 Å². The van der Waals surface area contributed by atoms with Crippen molar-refractivity contribution in [2.24, 2.45) is 10.7 Å². The molecule has 2 fully saturated rings. The summed E-state index contributed by atoms with van der Waals surface area (Å²) in [5, 5.41) is 3.44. The van der Waals surface area contributed by atoms with Crippen LogP contribution < -0.4 is 15.8 Å². The number of guanidine groups is 1. The third-order valence-corrected chi connectivity index (χ3v) is 5.72. The summed E-state index contributed by atoms with van der Waals surface area (Å²) in [7, 11) is 1.71. The average molecular weight is 486 g/mol. The van der Waals surface area contributed by atoms with Gasteiger partial charge in [-0.2, -0.15) is 0 Å². The Morgan fingerprint density at radius 3 is 2.37 bits per heavy atom. The molecule has 5 nitrogen and oxygen atoms in total. The predicted molar refractivity (Wildman–Crippen MR) is 123 cm³/mol. The lowest BCUT2D eigenvalue weighted by atomic mass is 9.96. The van der Waals surface area contributed by atoms with E-state index in [1.807, 2.05) is 12.1 Å². The Bertz CT molecular complexity index is 566. The summed E-state index contributed by atoms with van der Waals surface area (Å²) in [6, 6.07) is 9.20. The van der Waals surface area contributed by atoms with Crippen LogP contribution >= 0.6 is 24.0 Å². The van der Waals surface area contributed by atoms with Crippen molar-refractivity contribution in [2.75, 3.05) is 26.7 Å². The molecule has 1 aromatic rings. The maximum Gasteiger partial charge on any atom is 0.188 e. The van der Waals surface area contributed by atoms with Crippen molar-refractivity contribution in [2.45, 2.75) is 63.5 Å². The zero-order valence-corrected chi connectivity index (χ0v) is 18.9. The fourth-order valence-electron chi connectivity index (χ4n) is 4.17. The first-order valence-corrected chi connectivity index (χ1v) is 10.2. The quantitative estimate of drug-likeness (QED) is 0.362. The van der Waals surface area contributed by atoms with Crippen molar-refractivity contribution in [3.8, 4) is 5.75 Å². The number of piperidine rings is 1. The van der Waals surface area contributed by atoms with Crippen LogP contribution in [0.25, 0.3) is 0 Å². The van der Waals surface area contributed by atoms with Gasteiger partial charge in [0.1, 0.15) is 5.75 Å². The van der Waals surface area contributed by atoms with Crippen molar-refractivity contribution < 1.29 is 4.74 Å². The first-order valence-electron chi connectivity index (χ1n) is 10.2. The molecule has 0 radical (unpaired) electrons. The lowest BCUT2D eigenvalue weighted by Gasteiger charge is -2.34. The van der Waals surface area contributed by atoms with Gasteiger partial charge in [-0.25, -0.2) is 0 Å². The maximum atomic E-state index is 6.21. The van der Waals surface area contributed by atoms with Crippen molar-refractivity contribution >= 4 is 29.9 Å². The van der Waals surface area contributed by atoms with E-state index in [0.29, 0.717) is 18.5 Å². The van der Waals surface area contributed by atoms with Crippen LogP contribution in [0.15, 0.2) is 29.3 Å². The summed E-state index contributed by atoms with van der Waals surface area (Å²) in [6.45, 7) is 2.99. The molecule has 0 amide bonds. The van der Waals surface area contributed by atoms with Crippen molar-refractivity contribution in [3.63, 3.8) is 0 Å². The van der Waals surface area contributed by atoms with Crippen molar-refractivity contribution in [3.05, 3.63) is 29.8 Å². The number of benzene rings is 1. The Morgan fingerprint density at radius 2 is 1.74 bits per heavy atom. The van der Waals surface area contributed by atoms with Crippen LogP contribution in [0.3, 0.4) is 0 Å². The van der Waals surface area contributed by atoms with Gasteiger partial charge in [-0.1, -0.05) is 37.8 Å². The molecule has 6 heteroatoms. The molecule has 0 bridgehead atoms. The molecular formula is C21H35IN4O. The summed E-state index contributed by atoms with van der Waals surface area (Å²) in [4.78, 5) is 7.28. The molecule has 2 aliphatic rings. The van der Waals surface area contributed by atoms with Gasteiger partial charge in [0.05, 0.1) is 19.7 Å². The molecule has 0 spiro atoms. The van der Waals surface area contributed by atoms with E-state index in [0.717, 1.165) is 18.8 Å². The number of methoxy groups -OCH3 is 1. The topological polar surface area (TPSA) is 62.9 Å². The van der Waals surface area contributed by atoms with E-state index in [1.54, 1.807) is 7.11 Å². The molecule has 1 aliphatic carbocycles. The number of likely N-dealkylation sites (tertiary alicyclic amines) is 1. The number of aliphatic imine (C=N–C) groups is 1. The Kier molecular flexibility index (Phi) is 9.68. The van der Waals surface area contributed by atoms with Crippen molar-refractivity contribution in [1.29, 1.82) is 0 Å². The summed E-state index contributed by atoms with van der Waals surface area (Å²) in [5.41, 5.74) is 7.50. The number of nitrogens with one attached hydrogen (secondary N) is 1. The largest absolute Gasteiger partial charge is 0.497 e. The summed E-state index contributed by atoms with van der Waals surface area (Å²) < 4.78 is 5.31. The third kappa shape index (κ3) is 6.82. The minimum atomic E-state index is 0. The first-order chi connectivity index (χ1) is 12.8. The third-order valence-electron chi connectivity index (χ3n) is 5.72. The fourth-order valence-corrected chi connectivity index (χ4v) is 4.17. The summed E-state index contributed by atoms with van der Waals surface area (Å²) >= 11 is 0. The Labute approximate surface area is 181 Å². The molecule has 1 aliphatic heterocycles. The molecular weight excluding hydrogens is 451 g/mol. The maximum absolute atomic E-state index is 6.21. The zero-order chi connectivity index (χ0) is 18.2. The zero-order valence-electron chi connectivity index (χ0n) is 16.5. The van der Waals surface area contributed by atoms with E-state index in [9.17, 15) is 0 Å². The van der Waals surface area contributed by atoms with Gasteiger partial charge in [0.25, 0.3) is 0 Å². The standard InChI is InChI=1S/C21H34N4O.HI/c1-26-19-12-10-17(11-13-19)20(25-14-6-3-7-15-25)16-23-21(22)24-18-8-4-2-5-9-18;/h10-13,18,20H,2-9,14-16H2,1H3,(H3,22,23,24);1H. The second-order valence-electron chi connectivity index (χ2n) is 7.59. The van der Waals surface area contributed by atoms with Gasteiger partial charge in [-0.05, 0) is 56.5 Å². The fraction of sp³-hybridized carbons (Fsp3) is 0.667. The number of hydrogen-bond acceptors (Lipinski definition) is 3. The average Bonchev–Trinajstić information content (AvgIpc) is 2.70. The second kappa shape index (κ2) is 11.7. The minimum Gasteiger partial charge on any atom is -0.497 e. The highest BCUT2D eigenvalue weighted by Crippen LogP contribution is 2.26. The molecule has 3 rings (SSSR count). The monoisotopic (exact) mass is 486 g/mol. The molecule has 0 aromatic heterocycles. The van der Waals surface area contributed by atoms with E-state index >= 15 is 0 Å². The number of halogens is 1. The molecule has 1 unspecified atom stereocenters. The van der Waals surface area contributed by atoms with Crippen LogP contribution in [0.1, 0.15) is 63.0 Å². The molecule has 1 saturated heterocycles. The molecule has 1 aromatic carbocycles. The lowest BCUT2D eigenvalue weighted by molar-refractivity contribution is 0.167. The Morgan fingerprint density at radius 1 is 1.11 bits per heavy atom. The molecule has 27 heavy (non-hydrogen) atoms. The van der Waals surface area contributed by atoms with E-state index in [4.69, 9.17) is 15.5 Å². The van der Waals surface area contributed by atoms with Gasteiger partial charge in [0, 0.05) is 6.04 Å². The van der Waals surface area contributed by atoms with Gasteiger partial charge in [-0.15, -0.1) is 24.0 Å². The first kappa shape index (κ1) is 22.3. The van der Waals surface area contributed by atoms with E-state index in [-0.39, 0.29) is 30.0 Å². The van der Waals surface area contributed by atoms with E-state index in [1.165, 1.54) is 56.9 Å². The van der Waals surface area contributed by atoms with Gasteiger partial charge in [0.2, 0.25) is 0 Å². The van der Waals surface area contributed by atoms with Gasteiger partial charge >= 0.3 is 0 Å². The highest BCUT2D eigenvalue weighted by Gasteiger charge is 2.22. The highest BCUT2D eigenvalue weighted by molar-refractivity contribution is 14.0. The molecule has 1 atom stereocenters. The molecule has 3 N–H and O–H groups in total. The van der Waals surface area contributed by atoms with Crippen LogP contribution in [0.4, 0.5) is 0 Å². The smallest absolute Gasteiger partial charge is 0.188 e. The molecule has 1 heterocycles. The minimum absolute atomic E-state index is 0. The SMILES string of the molecule is COc1ccc(C(CN=C(N)NC2CCCCC2)N2CCCCC2)cc1.I. The van der Waals surface area contributed by atoms with Gasteiger partial charge in [0.15, 0.2) is 5.96 Å². The highest BCUT2D eigenvalue weighted by atomic mass is 127. The normalized spacial score (nSPS) is 20.6. The summed E-state index contributed by atoms with van der Waals surface area (Å²) in [6.07, 6.45) is 10.2. The number of ether oxygens (including phenoxy) is 1. The number of rotatable bonds is 6. The van der Waals surface area contributed by atoms with Gasteiger partial charge in [-0.3, -0.25) is 9.89 Å². The molecule has 152 valence electrons. The van der Waals surface area contributed by atoms with Crippen molar-refractivity contribution in [1.82, 2.24) is 10.2 Å². The van der Waals surface area contributed by atoms with E-state index in [2.05, 4.69) is 22.3 Å². The molecule has 1 saturated carbocycles. The number of nitrogens with zero attached hydrogens (tertiary/aromatic N) is 2. The van der Waals surface area contributed by atoms with Crippen LogP contribution in [0, 0.1) is 0 Å². The Balaban J connectivity index is 0.00000261. The van der Waals surface area contributed by atoms with Crippen LogP contribution in [0.2, 0.25) is 0 Å². The number of hydrogen-bond donors (Lipinski definition) is 2. The number of nitrogens with two attached hydrogens (primary N) is 1. The van der Waals surface area contributed by atoms with Gasteiger partial charge < -0.3 is 15.8 Å². The van der Waals surface area contributed by atoms with Crippen LogP contribution in [-0.4, -0.2) is 43.6 Å². The van der Waals surface area contributed by atoms with Crippen LogP contribution in [-0.2, 0) is 0 Å². The Hall–Kier alpha value is -1.02. The predicted octanol–water partition coefficient (Wildman–Crippen LogP) is 4.08.